The fourth-order valence-corrected chi connectivity index (χ4v) is 3.50. The number of aryl methyl sites for hydroxylation is 1. The van der Waals surface area contributed by atoms with Crippen LogP contribution in [0.2, 0.25) is 5.02 Å². The van der Waals surface area contributed by atoms with Gasteiger partial charge in [-0.15, -0.1) is 10.2 Å². The second-order valence-corrected chi connectivity index (χ2v) is 7.48. The van der Waals surface area contributed by atoms with E-state index >= 15 is 0 Å². The molecule has 0 unspecified atom stereocenters. The summed E-state index contributed by atoms with van der Waals surface area (Å²) < 4.78 is 6.19. The van der Waals surface area contributed by atoms with Crippen LogP contribution in [0.3, 0.4) is 0 Å². The van der Waals surface area contributed by atoms with Crippen molar-refractivity contribution in [2.75, 3.05) is 0 Å². The van der Waals surface area contributed by atoms with Crippen molar-refractivity contribution in [3.63, 3.8) is 0 Å². The van der Waals surface area contributed by atoms with E-state index in [1.807, 2.05) is 16.7 Å². The molecule has 3 aromatic heterocycles. The molecule has 0 N–H and O–H groups in total. The first-order chi connectivity index (χ1) is 12.8. The summed E-state index contributed by atoms with van der Waals surface area (Å²) in [4.78, 5) is 25.5. The largest absolute Gasteiger partial charge is 0.332 e. The van der Waals surface area contributed by atoms with Gasteiger partial charge in [-0.05, 0) is 30.2 Å². The lowest BCUT2D eigenvalue weighted by atomic mass is 10.2. The van der Waals surface area contributed by atoms with Gasteiger partial charge in [0.05, 0.1) is 0 Å². The van der Waals surface area contributed by atoms with Gasteiger partial charge in [0, 0.05) is 31.2 Å². The Morgan fingerprint density at radius 2 is 1.70 bits per heavy atom. The Kier molecular flexibility index (Phi) is 3.96. The average molecular weight is 387 g/mol. The van der Waals surface area contributed by atoms with Gasteiger partial charge in [0.25, 0.3) is 5.56 Å². The van der Waals surface area contributed by atoms with Crippen LogP contribution in [0.4, 0.5) is 0 Å². The minimum atomic E-state index is -0.396. The van der Waals surface area contributed by atoms with E-state index in [0.29, 0.717) is 34.3 Å². The molecule has 0 spiro atoms. The van der Waals surface area contributed by atoms with Gasteiger partial charge in [-0.3, -0.25) is 13.9 Å². The molecule has 0 aliphatic rings. The third kappa shape index (κ3) is 2.51. The number of imidazole rings is 1. The third-order valence-electron chi connectivity index (χ3n) is 4.63. The second kappa shape index (κ2) is 6.09. The van der Waals surface area contributed by atoms with Gasteiger partial charge in [-0.2, -0.15) is 0 Å². The first kappa shape index (κ1) is 17.5. The third-order valence-corrected chi connectivity index (χ3v) is 4.88. The first-order valence-corrected chi connectivity index (χ1v) is 8.98. The van der Waals surface area contributed by atoms with Crippen LogP contribution in [0.1, 0.15) is 13.8 Å². The van der Waals surface area contributed by atoms with E-state index in [9.17, 15) is 9.59 Å². The molecule has 0 amide bonds. The number of halogens is 1. The Labute approximate surface area is 159 Å². The fraction of sp³-hybridized carbons (Fsp3) is 0.333. The molecule has 1 aromatic carbocycles. The van der Waals surface area contributed by atoms with Crippen LogP contribution in [0.25, 0.3) is 28.3 Å². The number of benzene rings is 1. The van der Waals surface area contributed by atoms with E-state index in [-0.39, 0.29) is 11.5 Å². The van der Waals surface area contributed by atoms with Crippen LogP contribution < -0.4 is 11.2 Å². The molecule has 0 atom stereocenters. The monoisotopic (exact) mass is 386 g/mol. The highest BCUT2D eigenvalue weighted by Gasteiger charge is 2.24. The minimum Gasteiger partial charge on any atom is -0.302 e. The SMILES string of the molecule is CC(C)Cn1c2c(=O)n(C)c(=O)n(C)c2n2c(-c3ccc(Cl)cc3)nnc12. The normalized spacial score (nSPS) is 11.9. The molecule has 0 aliphatic heterocycles. The highest BCUT2D eigenvalue weighted by molar-refractivity contribution is 6.30. The second-order valence-electron chi connectivity index (χ2n) is 7.05. The summed E-state index contributed by atoms with van der Waals surface area (Å²) in [7, 11) is 3.13. The van der Waals surface area contributed by atoms with Crippen LogP contribution in [0.5, 0.6) is 0 Å². The van der Waals surface area contributed by atoms with E-state index in [2.05, 4.69) is 24.0 Å². The van der Waals surface area contributed by atoms with Gasteiger partial charge in [0.1, 0.15) is 0 Å². The van der Waals surface area contributed by atoms with E-state index in [1.165, 1.54) is 11.6 Å². The predicted octanol–water partition coefficient (Wildman–Crippen LogP) is 2.06. The summed E-state index contributed by atoms with van der Waals surface area (Å²) in [5.74, 6) is 1.36. The first-order valence-electron chi connectivity index (χ1n) is 8.60. The topological polar surface area (TPSA) is 79.1 Å². The molecule has 140 valence electrons. The van der Waals surface area contributed by atoms with E-state index in [0.717, 1.165) is 10.1 Å². The van der Waals surface area contributed by atoms with Crippen LogP contribution in [0, 0.1) is 5.92 Å². The van der Waals surface area contributed by atoms with Crippen LogP contribution in [-0.2, 0) is 20.6 Å². The number of nitrogens with zero attached hydrogens (tertiary/aromatic N) is 6. The van der Waals surface area contributed by atoms with Crippen molar-refractivity contribution >= 4 is 28.5 Å². The summed E-state index contributed by atoms with van der Waals surface area (Å²) in [6.45, 7) is 4.70. The van der Waals surface area contributed by atoms with Gasteiger partial charge in [0.15, 0.2) is 17.0 Å². The quantitative estimate of drug-likeness (QED) is 0.540. The molecule has 0 radical (unpaired) electrons. The summed E-state index contributed by atoms with van der Waals surface area (Å²) in [5.41, 5.74) is 0.971. The summed E-state index contributed by atoms with van der Waals surface area (Å²) in [6, 6.07) is 7.21. The number of hydrogen-bond acceptors (Lipinski definition) is 4. The number of fused-ring (bicyclic) bond motifs is 3. The summed E-state index contributed by atoms with van der Waals surface area (Å²) in [5, 5.41) is 9.26. The molecule has 0 saturated heterocycles. The van der Waals surface area contributed by atoms with Crippen molar-refractivity contribution in [3.05, 3.63) is 50.1 Å². The fourth-order valence-electron chi connectivity index (χ4n) is 3.38. The molecule has 0 bridgehead atoms. The maximum absolute atomic E-state index is 12.9. The van der Waals surface area contributed by atoms with E-state index in [1.54, 1.807) is 23.6 Å². The van der Waals surface area contributed by atoms with Gasteiger partial charge >= 0.3 is 5.69 Å². The molecule has 27 heavy (non-hydrogen) atoms. The van der Waals surface area contributed by atoms with Crippen molar-refractivity contribution in [1.29, 1.82) is 0 Å². The van der Waals surface area contributed by atoms with Crippen LogP contribution in [-0.4, -0.2) is 28.3 Å². The zero-order valence-corrected chi connectivity index (χ0v) is 16.2. The van der Waals surface area contributed by atoms with E-state index < -0.39 is 5.69 Å². The van der Waals surface area contributed by atoms with Crippen molar-refractivity contribution in [1.82, 2.24) is 28.3 Å². The van der Waals surface area contributed by atoms with Crippen LogP contribution >= 0.6 is 11.6 Å². The molecule has 0 fully saturated rings. The van der Waals surface area contributed by atoms with E-state index in [4.69, 9.17) is 11.6 Å². The zero-order chi connectivity index (χ0) is 19.5. The molecular weight excluding hydrogens is 368 g/mol. The Hall–Kier alpha value is -2.87. The molecule has 4 rings (SSSR count). The molecule has 3 heterocycles. The van der Waals surface area contributed by atoms with Crippen molar-refractivity contribution in [3.8, 4) is 11.4 Å². The highest BCUT2D eigenvalue weighted by atomic mass is 35.5. The number of hydrogen-bond donors (Lipinski definition) is 0. The van der Waals surface area contributed by atoms with Crippen molar-refractivity contribution < 1.29 is 0 Å². The highest BCUT2D eigenvalue weighted by Crippen LogP contribution is 2.25. The van der Waals surface area contributed by atoms with Gasteiger partial charge in [-0.1, -0.05) is 25.4 Å². The number of rotatable bonds is 3. The van der Waals surface area contributed by atoms with Gasteiger partial charge in [-0.25, -0.2) is 9.20 Å². The summed E-state index contributed by atoms with van der Waals surface area (Å²) >= 11 is 6.00. The Morgan fingerprint density at radius 3 is 2.33 bits per heavy atom. The Balaban J connectivity index is 2.21. The molecule has 9 heteroatoms. The molecule has 0 saturated carbocycles. The minimum absolute atomic E-state index is 0.280. The van der Waals surface area contributed by atoms with Crippen molar-refractivity contribution in [2.24, 2.45) is 20.0 Å². The summed E-state index contributed by atoms with van der Waals surface area (Å²) in [6.07, 6.45) is 0. The smallest absolute Gasteiger partial charge is 0.302 e. The van der Waals surface area contributed by atoms with Gasteiger partial charge < -0.3 is 4.57 Å². The molecule has 0 aliphatic carbocycles. The standard InChI is InChI=1S/C18H19ClN6O2/c1-10(2)9-24-13-15(22(3)18(27)23(4)16(13)26)25-14(20-21-17(24)25)11-5-7-12(19)8-6-11/h5-8,10H,9H2,1-4H3. The Bertz CT molecular complexity index is 1290. The molecular formula is C18H19ClN6O2. The Morgan fingerprint density at radius 1 is 1.04 bits per heavy atom. The maximum Gasteiger partial charge on any atom is 0.332 e. The van der Waals surface area contributed by atoms with Crippen LogP contribution in [0.15, 0.2) is 33.9 Å². The average Bonchev–Trinajstić information content (AvgIpc) is 3.18. The zero-order valence-electron chi connectivity index (χ0n) is 15.5. The molecule has 4 aromatic rings. The predicted molar refractivity (Wildman–Crippen MR) is 104 cm³/mol. The lowest BCUT2D eigenvalue weighted by molar-refractivity contribution is 0.538. The lowest BCUT2D eigenvalue weighted by Crippen LogP contribution is -2.38. The van der Waals surface area contributed by atoms with Crippen molar-refractivity contribution in [2.45, 2.75) is 20.4 Å². The molecule has 8 nitrogen and oxygen atoms in total. The van der Waals surface area contributed by atoms with Gasteiger partial charge in [0.2, 0.25) is 5.78 Å². The number of aromatic nitrogens is 6. The lowest BCUT2D eigenvalue weighted by Gasteiger charge is -2.09. The maximum atomic E-state index is 12.9.